The van der Waals surface area contributed by atoms with Gasteiger partial charge in [0.25, 0.3) is 0 Å². The Balaban J connectivity index is 0. The predicted octanol–water partition coefficient (Wildman–Crippen LogP) is 7.18. The molecule has 32 heavy (non-hydrogen) atoms. The van der Waals surface area contributed by atoms with Gasteiger partial charge in [-0.3, -0.25) is 14.4 Å². The van der Waals surface area contributed by atoms with E-state index in [0.717, 1.165) is 0 Å². The summed E-state index contributed by atoms with van der Waals surface area (Å²) in [4.78, 5) is 34.5. The van der Waals surface area contributed by atoms with Gasteiger partial charge in [-0.1, -0.05) is 59.4 Å². The molecule has 0 atom stereocenters. The van der Waals surface area contributed by atoms with Crippen LogP contribution in [0.5, 0.6) is 0 Å². The molecule has 2 rings (SSSR count). The van der Waals surface area contributed by atoms with Gasteiger partial charge in [-0.05, 0) is 30.2 Å². The van der Waals surface area contributed by atoms with Crippen LogP contribution in [0.3, 0.4) is 0 Å². The third-order valence-corrected chi connectivity index (χ3v) is 4.00. The fraction of sp³-hybridized carbons (Fsp3) is 0.400. The second-order valence-electron chi connectivity index (χ2n) is 6.93. The van der Waals surface area contributed by atoms with Crippen molar-refractivity contribution in [2.45, 2.75) is 54.4 Å². The Hall–Kier alpha value is -2.37. The highest BCUT2D eigenvalue weighted by Gasteiger charge is 2.12. The van der Waals surface area contributed by atoms with Gasteiger partial charge in [-0.25, -0.2) is 0 Å². The normalized spacial score (nSPS) is 9.34. The molecule has 0 aliphatic rings. The summed E-state index contributed by atoms with van der Waals surface area (Å²) < 4.78 is 0. The quantitative estimate of drug-likeness (QED) is 0.248. The minimum Gasteiger partial charge on any atom is -0.398 e. The maximum atomic E-state index is 11.7. The largest absolute Gasteiger partial charge is 0.398 e. The van der Waals surface area contributed by atoms with E-state index < -0.39 is 0 Å². The number of anilines is 2. The number of hydrogen-bond acceptors (Lipinski definition) is 4. The fourth-order valence-electron chi connectivity index (χ4n) is 2.54. The number of para-hydroxylation sites is 2. The molecule has 0 saturated carbocycles. The molecule has 2 aromatic rings. The van der Waals surface area contributed by atoms with Crippen LogP contribution in [0.2, 0.25) is 0 Å². The summed E-state index contributed by atoms with van der Waals surface area (Å²) in [7, 11) is 0. The molecule has 0 heterocycles. The van der Waals surface area contributed by atoms with E-state index in [9.17, 15) is 14.4 Å². The van der Waals surface area contributed by atoms with Crippen LogP contribution in [0.1, 0.15) is 75.1 Å². The molecular formula is C25H36Cl2N2O3. The molecule has 0 fully saturated rings. The van der Waals surface area contributed by atoms with E-state index in [-0.39, 0.29) is 30.2 Å². The molecule has 2 aromatic carbocycles. The first-order valence-corrected chi connectivity index (χ1v) is 11.2. The number of hydrogen-bond donors (Lipinski definition) is 2. The first-order valence-electron chi connectivity index (χ1n) is 10.1. The summed E-state index contributed by atoms with van der Waals surface area (Å²) in [5, 5.41) is 2.99. The zero-order chi connectivity index (χ0) is 23.8. The smallest absolute Gasteiger partial charge is 0.224 e. The Kier molecular flexibility index (Phi) is 18.1. The third-order valence-electron chi connectivity index (χ3n) is 4.00. The minimum absolute atomic E-state index is 0. The number of carbonyl (C=O) groups is 3. The van der Waals surface area contributed by atoms with E-state index in [1.165, 1.54) is 0 Å². The van der Waals surface area contributed by atoms with E-state index in [0.29, 0.717) is 47.7 Å². The molecule has 0 unspecified atom stereocenters. The highest BCUT2D eigenvalue weighted by molar-refractivity contribution is 6.40. The molecule has 0 bridgehead atoms. The number of carbonyl (C=O) groups excluding carboxylic acids is 3. The van der Waals surface area contributed by atoms with Crippen LogP contribution in [0.15, 0.2) is 48.5 Å². The molecule has 178 valence electrons. The summed E-state index contributed by atoms with van der Waals surface area (Å²) in [6.45, 7) is 7.62. The lowest BCUT2D eigenvalue weighted by molar-refractivity contribution is -0.116. The van der Waals surface area contributed by atoms with Crippen molar-refractivity contribution in [3.63, 3.8) is 0 Å². The van der Waals surface area contributed by atoms with Gasteiger partial charge in [0.2, 0.25) is 5.91 Å². The number of alkyl halides is 2. The van der Waals surface area contributed by atoms with Gasteiger partial charge < -0.3 is 11.1 Å². The summed E-state index contributed by atoms with van der Waals surface area (Å²) in [6.07, 6.45) is 1.42. The van der Waals surface area contributed by atoms with E-state index in [1.807, 2.05) is 45.9 Å². The minimum atomic E-state index is -0.0450. The number of benzene rings is 2. The SMILES string of the molecule is C.CCC(=O)c1ccccc1N.CCC(=O)c1ccccc1NC(=O)CC(C)C.ClCCl. The molecule has 0 radical (unpaired) electrons. The zero-order valence-electron chi connectivity index (χ0n) is 18.6. The van der Waals surface area contributed by atoms with Crippen molar-refractivity contribution < 1.29 is 14.4 Å². The van der Waals surface area contributed by atoms with Crippen molar-refractivity contribution in [3.05, 3.63) is 59.7 Å². The summed E-state index contributed by atoms with van der Waals surface area (Å²) in [5.41, 5.74) is 7.98. The van der Waals surface area contributed by atoms with Gasteiger partial charge in [0.05, 0.1) is 11.0 Å². The Morgan fingerprint density at radius 2 is 1.31 bits per heavy atom. The van der Waals surface area contributed by atoms with Crippen LogP contribution in [-0.4, -0.2) is 22.8 Å². The molecule has 1 amide bonds. The van der Waals surface area contributed by atoms with E-state index >= 15 is 0 Å². The first kappa shape index (κ1) is 31.8. The monoisotopic (exact) mass is 482 g/mol. The molecule has 0 aliphatic carbocycles. The molecular weight excluding hydrogens is 447 g/mol. The number of amides is 1. The Morgan fingerprint density at radius 1 is 0.875 bits per heavy atom. The van der Waals surface area contributed by atoms with Crippen molar-refractivity contribution >= 4 is 52.1 Å². The summed E-state index contributed by atoms with van der Waals surface area (Å²) in [5.74, 6) is 0.411. The van der Waals surface area contributed by atoms with Gasteiger partial charge in [0.1, 0.15) is 0 Å². The first-order chi connectivity index (χ1) is 14.7. The van der Waals surface area contributed by atoms with E-state index in [1.54, 1.807) is 30.3 Å². The highest BCUT2D eigenvalue weighted by Crippen LogP contribution is 2.17. The Morgan fingerprint density at radius 3 is 1.78 bits per heavy atom. The number of nitrogens with two attached hydrogens (primary N) is 1. The second kappa shape index (κ2) is 18.2. The maximum absolute atomic E-state index is 11.7. The Labute approximate surface area is 202 Å². The highest BCUT2D eigenvalue weighted by atomic mass is 35.5. The molecule has 0 saturated heterocycles. The molecule has 0 aromatic heterocycles. The average molecular weight is 483 g/mol. The van der Waals surface area contributed by atoms with Crippen molar-refractivity contribution in [2.75, 3.05) is 16.4 Å². The average Bonchev–Trinajstić information content (AvgIpc) is 2.74. The number of Topliss-reactive ketones (excluding diaryl/α,β-unsaturated/α-hetero) is 2. The van der Waals surface area contributed by atoms with Crippen LogP contribution < -0.4 is 11.1 Å². The van der Waals surface area contributed by atoms with Crippen LogP contribution in [0.4, 0.5) is 11.4 Å². The lowest BCUT2D eigenvalue weighted by atomic mass is 10.1. The number of halogens is 2. The van der Waals surface area contributed by atoms with Gasteiger partial charge in [0, 0.05) is 36.1 Å². The fourth-order valence-corrected chi connectivity index (χ4v) is 2.54. The van der Waals surface area contributed by atoms with Gasteiger partial charge >= 0.3 is 0 Å². The maximum Gasteiger partial charge on any atom is 0.224 e. The second-order valence-corrected chi connectivity index (χ2v) is 7.74. The number of nitrogens with one attached hydrogen (secondary N) is 1. The summed E-state index contributed by atoms with van der Waals surface area (Å²) >= 11 is 9.53. The van der Waals surface area contributed by atoms with Gasteiger partial charge in [-0.15, -0.1) is 23.2 Å². The van der Waals surface area contributed by atoms with Crippen molar-refractivity contribution in [3.8, 4) is 0 Å². The predicted molar refractivity (Wildman–Crippen MR) is 138 cm³/mol. The number of nitrogen functional groups attached to an aromatic ring is 1. The van der Waals surface area contributed by atoms with Crippen LogP contribution in [0.25, 0.3) is 0 Å². The number of ketones is 2. The van der Waals surface area contributed by atoms with Crippen molar-refractivity contribution in [1.82, 2.24) is 0 Å². The summed E-state index contributed by atoms with van der Waals surface area (Å²) in [6, 6.07) is 14.3. The van der Waals surface area contributed by atoms with Gasteiger partial charge in [0.15, 0.2) is 11.6 Å². The van der Waals surface area contributed by atoms with E-state index in [2.05, 4.69) is 5.32 Å². The van der Waals surface area contributed by atoms with E-state index in [4.69, 9.17) is 28.9 Å². The van der Waals surface area contributed by atoms with Crippen LogP contribution >= 0.6 is 23.2 Å². The zero-order valence-corrected chi connectivity index (χ0v) is 20.1. The molecule has 0 aliphatic heterocycles. The molecule has 3 N–H and O–H groups in total. The topological polar surface area (TPSA) is 89.3 Å². The lowest BCUT2D eigenvalue weighted by Gasteiger charge is -2.10. The van der Waals surface area contributed by atoms with Crippen LogP contribution in [0, 0.1) is 5.92 Å². The van der Waals surface area contributed by atoms with Crippen molar-refractivity contribution in [2.24, 2.45) is 5.92 Å². The molecule has 5 nitrogen and oxygen atoms in total. The Bertz CT molecular complexity index is 839. The molecule has 0 spiro atoms. The lowest BCUT2D eigenvalue weighted by Crippen LogP contribution is -2.16. The third kappa shape index (κ3) is 12.5. The van der Waals surface area contributed by atoms with Crippen molar-refractivity contribution in [1.29, 1.82) is 0 Å². The number of rotatable bonds is 7. The molecule has 7 heteroatoms. The van der Waals surface area contributed by atoms with Gasteiger partial charge in [-0.2, -0.15) is 0 Å². The standard InChI is InChI=1S/C14H19NO2.C9H11NO.CH2Cl2.CH4/c1-4-13(16)11-7-5-6-8-12(11)15-14(17)9-10(2)3;1-2-9(11)7-5-3-4-6-8(7)10;2-1-3;/h5-8,10H,4,9H2,1-3H3,(H,15,17);3-6H,2,10H2,1H3;1H2;1H4. The van der Waals surface area contributed by atoms with Crippen LogP contribution in [-0.2, 0) is 4.79 Å².